The molecule has 6 nitrogen and oxygen atoms in total. The molecule has 1 N–H and O–H groups in total. The fourth-order valence-electron chi connectivity index (χ4n) is 3.08. The highest BCUT2D eigenvalue weighted by Crippen LogP contribution is 2.12. The highest BCUT2D eigenvalue weighted by atomic mass is 16.2. The molecule has 0 saturated carbocycles. The highest BCUT2D eigenvalue weighted by molar-refractivity contribution is 6.04. The Morgan fingerprint density at radius 2 is 1.74 bits per heavy atom. The first-order valence-electron chi connectivity index (χ1n) is 9.03. The Hall–Kier alpha value is -2.99. The standard InChI is InChI=1S/C21H24N4O2/c1-24(15-16-9-4-3-5-10-16)14-8-13-22-20(26)19-17-11-6-7-12-18(17)21(27)25(2)23-19/h3-7,9-12H,8,13-15H2,1-2H3,(H,22,26). The van der Waals surface area contributed by atoms with Crippen LogP contribution in [0.15, 0.2) is 59.4 Å². The third-order valence-corrected chi connectivity index (χ3v) is 4.47. The number of aryl methyl sites for hydroxylation is 1. The second-order valence-electron chi connectivity index (χ2n) is 6.66. The first-order chi connectivity index (χ1) is 13.1. The molecule has 1 heterocycles. The van der Waals surface area contributed by atoms with E-state index in [0.29, 0.717) is 17.3 Å². The number of amides is 1. The van der Waals surface area contributed by atoms with Crippen LogP contribution in [0.3, 0.4) is 0 Å². The predicted molar refractivity (Wildman–Crippen MR) is 107 cm³/mol. The highest BCUT2D eigenvalue weighted by Gasteiger charge is 2.15. The van der Waals surface area contributed by atoms with Crippen LogP contribution in [0.4, 0.5) is 0 Å². The van der Waals surface area contributed by atoms with E-state index < -0.39 is 0 Å². The molecule has 0 radical (unpaired) electrons. The van der Waals surface area contributed by atoms with Crippen LogP contribution in [0, 0.1) is 0 Å². The fourth-order valence-corrected chi connectivity index (χ4v) is 3.08. The Bertz CT molecular complexity index is 982. The van der Waals surface area contributed by atoms with Crippen molar-refractivity contribution in [1.82, 2.24) is 20.0 Å². The molecule has 0 saturated heterocycles. The summed E-state index contributed by atoms with van der Waals surface area (Å²) >= 11 is 0. The number of hydrogen-bond acceptors (Lipinski definition) is 4. The molecule has 1 amide bonds. The number of rotatable bonds is 7. The summed E-state index contributed by atoms with van der Waals surface area (Å²) in [6.45, 7) is 2.30. The van der Waals surface area contributed by atoms with Crippen molar-refractivity contribution in [2.24, 2.45) is 7.05 Å². The van der Waals surface area contributed by atoms with Gasteiger partial charge in [0.25, 0.3) is 11.5 Å². The van der Waals surface area contributed by atoms with E-state index in [1.165, 1.54) is 10.2 Å². The number of aromatic nitrogens is 2. The molecule has 3 aromatic rings. The van der Waals surface area contributed by atoms with E-state index in [1.54, 1.807) is 31.3 Å². The Kier molecular flexibility index (Phi) is 5.98. The molecule has 0 atom stereocenters. The normalized spacial score (nSPS) is 11.1. The largest absolute Gasteiger partial charge is 0.351 e. The monoisotopic (exact) mass is 364 g/mol. The number of fused-ring (bicyclic) bond motifs is 1. The van der Waals surface area contributed by atoms with Gasteiger partial charge in [0.05, 0.1) is 5.39 Å². The molecule has 27 heavy (non-hydrogen) atoms. The van der Waals surface area contributed by atoms with Gasteiger partial charge >= 0.3 is 0 Å². The van der Waals surface area contributed by atoms with Gasteiger partial charge in [-0.2, -0.15) is 5.10 Å². The minimum absolute atomic E-state index is 0.204. The van der Waals surface area contributed by atoms with Gasteiger partial charge in [-0.05, 0) is 31.6 Å². The zero-order valence-corrected chi connectivity index (χ0v) is 15.7. The van der Waals surface area contributed by atoms with Gasteiger partial charge in [-0.25, -0.2) is 4.68 Å². The van der Waals surface area contributed by atoms with Crippen molar-refractivity contribution in [2.45, 2.75) is 13.0 Å². The van der Waals surface area contributed by atoms with Crippen molar-refractivity contribution in [3.05, 3.63) is 76.2 Å². The van der Waals surface area contributed by atoms with Crippen molar-refractivity contribution in [3.8, 4) is 0 Å². The average Bonchev–Trinajstić information content (AvgIpc) is 2.68. The number of carbonyl (C=O) groups excluding carboxylic acids is 1. The summed E-state index contributed by atoms with van der Waals surface area (Å²) in [5.41, 5.74) is 1.35. The van der Waals surface area contributed by atoms with Crippen LogP contribution in [0.1, 0.15) is 22.5 Å². The lowest BCUT2D eigenvalue weighted by Gasteiger charge is -2.16. The molecule has 0 aliphatic rings. The Labute approximate surface area is 158 Å². The number of nitrogens with one attached hydrogen (secondary N) is 1. The summed E-state index contributed by atoms with van der Waals surface area (Å²) in [6, 6.07) is 17.4. The van der Waals surface area contributed by atoms with Gasteiger partial charge in [0.2, 0.25) is 0 Å². The summed E-state index contributed by atoms with van der Waals surface area (Å²) in [7, 11) is 3.63. The molecule has 140 valence electrons. The molecule has 0 unspecified atom stereocenters. The number of nitrogens with zero attached hydrogens (tertiary/aromatic N) is 3. The number of hydrogen-bond donors (Lipinski definition) is 1. The summed E-state index contributed by atoms with van der Waals surface area (Å²) in [5.74, 6) is -0.257. The van der Waals surface area contributed by atoms with Crippen molar-refractivity contribution in [3.63, 3.8) is 0 Å². The Morgan fingerprint density at radius 3 is 2.48 bits per heavy atom. The Balaban J connectivity index is 1.56. The van der Waals surface area contributed by atoms with Crippen LogP contribution in [-0.2, 0) is 13.6 Å². The molecule has 0 bridgehead atoms. The van der Waals surface area contributed by atoms with Gasteiger partial charge in [-0.15, -0.1) is 0 Å². The summed E-state index contributed by atoms with van der Waals surface area (Å²) in [6.07, 6.45) is 0.832. The molecular formula is C21H24N4O2. The Morgan fingerprint density at radius 1 is 1.07 bits per heavy atom. The lowest BCUT2D eigenvalue weighted by Crippen LogP contribution is -2.31. The van der Waals surface area contributed by atoms with E-state index in [0.717, 1.165) is 19.5 Å². The maximum Gasteiger partial charge on any atom is 0.274 e. The lowest BCUT2D eigenvalue weighted by molar-refractivity contribution is 0.0946. The molecule has 0 spiro atoms. The van der Waals surface area contributed by atoms with Crippen LogP contribution in [0.25, 0.3) is 10.8 Å². The van der Waals surface area contributed by atoms with Gasteiger partial charge in [0.15, 0.2) is 5.69 Å². The average molecular weight is 364 g/mol. The van der Waals surface area contributed by atoms with Gasteiger partial charge in [0.1, 0.15) is 0 Å². The van der Waals surface area contributed by atoms with Crippen LogP contribution < -0.4 is 10.9 Å². The van der Waals surface area contributed by atoms with Gasteiger partial charge < -0.3 is 10.2 Å². The molecule has 6 heteroatoms. The van der Waals surface area contributed by atoms with Crippen molar-refractivity contribution in [2.75, 3.05) is 20.1 Å². The predicted octanol–water partition coefficient (Wildman–Crippen LogP) is 2.19. The van der Waals surface area contributed by atoms with Crippen molar-refractivity contribution >= 4 is 16.7 Å². The smallest absolute Gasteiger partial charge is 0.274 e. The first-order valence-corrected chi connectivity index (χ1v) is 9.03. The van der Waals surface area contributed by atoms with Gasteiger partial charge in [-0.1, -0.05) is 48.5 Å². The van der Waals surface area contributed by atoms with Gasteiger partial charge in [-0.3, -0.25) is 9.59 Å². The topological polar surface area (TPSA) is 67.2 Å². The first kappa shape index (κ1) is 18.8. The van der Waals surface area contributed by atoms with Crippen LogP contribution in [-0.4, -0.2) is 40.7 Å². The van der Waals surface area contributed by atoms with Crippen molar-refractivity contribution in [1.29, 1.82) is 0 Å². The summed E-state index contributed by atoms with van der Waals surface area (Å²) in [4.78, 5) is 26.9. The lowest BCUT2D eigenvalue weighted by atomic mass is 10.1. The number of benzene rings is 2. The van der Waals surface area contributed by atoms with Gasteiger partial charge in [0, 0.05) is 25.5 Å². The molecule has 0 aliphatic carbocycles. The second kappa shape index (κ2) is 8.60. The molecule has 3 rings (SSSR count). The second-order valence-corrected chi connectivity index (χ2v) is 6.66. The van der Waals surface area contributed by atoms with E-state index >= 15 is 0 Å². The maximum absolute atomic E-state index is 12.6. The zero-order chi connectivity index (χ0) is 19.2. The minimum Gasteiger partial charge on any atom is -0.351 e. The quantitative estimate of drug-likeness (QED) is 0.653. The molecule has 0 aliphatic heterocycles. The SMILES string of the molecule is CN(CCCNC(=O)c1nn(C)c(=O)c2ccccc12)Cc1ccccc1. The van der Waals surface area contributed by atoms with E-state index in [4.69, 9.17) is 0 Å². The maximum atomic E-state index is 12.6. The molecular weight excluding hydrogens is 340 g/mol. The number of carbonyl (C=O) groups is 1. The third kappa shape index (κ3) is 4.60. The van der Waals surface area contributed by atoms with E-state index in [1.807, 2.05) is 18.2 Å². The summed E-state index contributed by atoms with van der Waals surface area (Å²) in [5, 5.41) is 8.15. The van der Waals surface area contributed by atoms with Crippen LogP contribution >= 0.6 is 0 Å². The third-order valence-electron chi connectivity index (χ3n) is 4.47. The van der Waals surface area contributed by atoms with Crippen LogP contribution in [0.2, 0.25) is 0 Å². The van der Waals surface area contributed by atoms with E-state index in [2.05, 4.69) is 34.5 Å². The molecule has 1 aromatic heterocycles. The molecule has 2 aromatic carbocycles. The summed E-state index contributed by atoms with van der Waals surface area (Å²) < 4.78 is 1.21. The zero-order valence-electron chi connectivity index (χ0n) is 15.7. The molecule has 0 fully saturated rings. The minimum atomic E-state index is -0.257. The van der Waals surface area contributed by atoms with E-state index in [-0.39, 0.29) is 17.2 Å². The fraction of sp³-hybridized carbons (Fsp3) is 0.286. The van der Waals surface area contributed by atoms with Crippen molar-refractivity contribution < 1.29 is 4.79 Å². The van der Waals surface area contributed by atoms with E-state index in [9.17, 15) is 9.59 Å². The van der Waals surface area contributed by atoms with Crippen LogP contribution in [0.5, 0.6) is 0 Å².